The summed E-state index contributed by atoms with van der Waals surface area (Å²) in [6.45, 7) is 4.05. The molecule has 3 heterocycles. The number of carbonyl (C=O) groups excluding carboxylic acids is 1. The summed E-state index contributed by atoms with van der Waals surface area (Å²) in [7, 11) is 0. The molecular weight excluding hydrogens is 218 g/mol. The van der Waals surface area contributed by atoms with Crippen molar-refractivity contribution in [2.24, 2.45) is 0 Å². The summed E-state index contributed by atoms with van der Waals surface area (Å²) in [5.41, 5.74) is 0.876. The number of amides is 2. The summed E-state index contributed by atoms with van der Waals surface area (Å²) >= 11 is 0. The van der Waals surface area contributed by atoms with E-state index in [2.05, 4.69) is 10.3 Å². The van der Waals surface area contributed by atoms with Gasteiger partial charge in [-0.25, -0.2) is 9.78 Å². The predicted molar refractivity (Wildman–Crippen MR) is 62.9 cm³/mol. The molecule has 2 aliphatic heterocycles. The number of nitrogens with zero attached hydrogens (tertiary/aromatic N) is 2. The van der Waals surface area contributed by atoms with Crippen molar-refractivity contribution in [3.8, 4) is 0 Å². The lowest BCUT2D eigenvalue weighted by atomic mass is 9.83. The normalized spacial score (nSPS) is 20.6. The van der Waals surface area contributed by atoms with E-state index in [0.29, 0.717) is 19.0 Å². The molecule has 17 heavy (non-hydrogen) atoms. The van der Waals surface area contributed by atoms with Gasteiger partial charge < -0.3 is 9.64 Å². The van der Waals surface area contributed by atoms with Gasteiger partial charge in [-0.3, -0.25) is 5.32 Å². The molecule has 2 fully saturated rings. The SMILES string of the molecule is Cc1cccc(NC(=O)N2CCC23COC3)n1. The van der Waals surface area contributed by atoms with E-state index in [9.17, 15) is 4.79 Å². The first-order valence-electron chi connectivity index (χ1n) is 5.80. The summed E-state index contributed by atoms with van der Waals surface area (Å²) < 4.78 is 5.19. The lowest BCUT2D eigenvalue weighted by molar-refractivity contribution is -0.168. The van der Waals surface area contributed by atoms with Crippen LogP contribution < -0.4 is 5.32 Å². The van der Waals surface area contributed by atoms with Crippen LogP contribution in [0.2, 0.25) is 0 Å². The molecule has 0 aromatic carbocycles. The average molecular weight is 233 g/mol. The molecular formula is C12H15N3O2. The Hall–Kier alpha value is -1.62. The molecule has 90 valence electrons. The third-order valence-corrected chi connectivity index (χ3v) is 3.48. The molecule has 0 bridgehead atoms. The number of ether oxygens (including phenoxy) is 1. The van der Waals surface area contributed by atoms with Crippen LogP contribution in [0.4, 0.5) is 10.6 Å². The minimum atomic E-state index is -0.0716. The Labute approximate surface area is 99.8 Å². The van der Waals surface area contributed by atoms with E-state index in [1.165, 1.54) is 0 Å². The smallest absolute Gasteiger partial charge is 0.323 e. The van der Waals surface area contributed by atoms with Gasteiger partial charge in [0.15, 0.2) is 0 Å². The number of hydrogen-bond acceptors (Lipinski definition) is 3. The maximum atomic E-state index is 12.0. The van der Waals surface area contributed by atoms with Crippen molar-refractivity contribution in [3.05, 3.63) is 23.9 Å². The highest BCUT2D eigenvalue weighted by Gasteiger charge is 2.53. The number of hydrogen-bond donors (Lipinski definition) is 1. The Kier molecular flexibility index (Phi) is 2.29. The number of urea groups is 1. The Morgan fingerprint density at radius 2 is 2.35 bits per heavy atom. The molecule has 0 atom stereocenters. The van der Waals surface area contributed by atoms with E-state index in [4.69, 9.17) is 4.74 Å². The summed E-state index contributed by atoms with van der Waals surface area (Å²) in [5.74, 6) is 0.609. The monoisotopic (exact) mass is 233 g/mol. The van der Waals surface area contributed by atoms with E-state index in [1.54, 1.807) is 6.07 Å². The molecule has 0 radical (unpaired) electrons. The number of carbonyl (C=O) groups is 1. The number of nitrogens with one attached hydrogen (secondary N) is 1. The number of likely N-dealkylation sites (tertiary alicyclic amines) is 1. The largest absolute Gasteiger partial charge is 0.376 e. The van der Waals surface area contributed by atoms with Crippen LogP contribution in [-0.2, 0) is 4.74 Å². The standard InChI is InChI=1S/C12H15N3O2/c1-9-3-2-4-10(13-9)14-11(16)15-6-5-12(15)7-17-8-12/h2-4H,5-8H2,1H3,(H,13,14,16). The van der Waals surface area contributed by atoms with Gasteiger partial charge in [0.25, 0.3) is 0 Å². The number of anilines is 1. The summed E-state index contributed by atoms with van der Waals surface area (Å²) in [5, 5.41) is 2.83. The molecule has 0 unspecified atom stereocenters. The van der Waals surface area contributed by atoms with Gasteiger partial charge >= 0.3 is 6.03 Å². The van der Waals surface area contributed by atoms with Crippen LogP contribution in [0.3, 0.4) is 0 Å². The van der Waals surface area contributed by atoms with E-state index in [0.717, 1.165) is 18.7 Å². The van der Waals surface area contributed by atoms with Crippen molar-refractivity contribution in [2.75, 3.05) is 25.1 Å². The Morgan fingerprint density at radius 3 is 2.88 bits per heavy atom. The van der Waals surface area contributed by atoms with Crippen molar-refractivity contribution in [3.63, 3.8) is 0 Å². The highest BCUT2D eigenvalue weighted by molar-refractivity contribution is 5.89. The molecule has 2 saturated heterocycles. The molecule has 1 N–H and O–H groups in total. The van der Waals surface area contributed by atoms with Crippen molar-refractivity contribution in [2.45, 2.75) is 18.9 Å². The molecule has 1 aromatic rings. The van der Waals surface area contributed by atoms with Crippen LogP contribution in [-0.4, -0.2) is 41.2 Å². The van der Waals surface area contributed by atoms with Crippen molar-refractivity contribution < 1.29 is 9.53 Å². The van der Waals surface area contributed by atoms with Gasteiger partial charge in [0.05, 0.1) is 18.8 Å². The van der Waals surface area contributed by atoms with Crippen LogP contribution in [0.5, 0.6) is 0 Å². The van der Waals surface area contributed by atoms with Crippen molar-refractivity contribution >= 4 is 11.8 Å². The zero-order valence-corrected chi connectivity index (χ0v) is 9.77. The van der Waals surface area contributed by atoms with Crippen molar-refractivity contribution in [1.82, 2.24) is 9.88 Å². The maximum Gasteiger partial charge on any atom is 0.323 e. The number of aromatic nitrogens is 1. The fraction of sp³-hybridized carbons (Fsp3) is 0.500. The zero-order chi connectivity index (χ0) is 11.9. The Morgan fingerprint density at radius 1 is 1.53 bits per heavy atom. The first-order chi connectivity index (χ1) is 8.20. The average Bonchev–Trinajstić information content (AvgIpc) is 2.12. The lowest BCUT2D eigenvalue weighted by Crippen LogP contribution is -2.72. The molecule has 2 aliphatic rings. The molecule has 1 spiro atoms. The van der Waals surface area contributed by atoms with Crippen LogP contribution in [0.25, 0.3) is 0 Å². The second-order valence-corrected chi connectivity index (χ2v) is 4.71. The second-order valence-electron chi connectivity index (χ2n) is 4.71. The van der Waals surface area contributed by atoms with Crippen molar-refractivity contribution in [1.29, 1.82) is 0 Å². The maximum absolute atomic E-state index is 12.0. The molecule has 5 nitrogen and oxygen atoms in total. The van der Waals surface area contributed by atoms with Crippen LogP contribution in [0.1, 0.15) is 12.1 Å². The quantitative estimate of drug-likeness (QED) is 0.797. The molecule has 1 aromatic heterocycles. The lowest BCUT2D eigenvalue weighted by Gasteiger charge is -2.57. The number of pyridine rings is 1. The van der Waals surface area contributed by atoms with Crippen LogP contribution >= 0.6 is 0 Å². The molecule has 0 aliphatic carbocycles. The second kappa shape index (κ2) is 3.70. The summed E-state index contributed by atoms with van der Waals surface area (Å²) in [6, 6.07) is 5.52. The minimum Gasteiger partial charge on any atom is -0.376 e. The van der Waals surface area contributed by atoms with Gasteiger partial charge in [0.2, 0.25) is 0 Å². The van der Waals surface area contributed by atoms with Crippen LogP contribution in [0, 0.1) is 6.92 Å². The molecule has 2 amide bonds. The van der Waals surface area contributed by atoms with Gasteiger partial charge in [0.1, 0.15) is 5.82 Å². The van der Waals surface area contributed by atoms with E-state index < -0.39 is 0 Å². The van der Waals surface area contributed by atoms with E-state index in [1.807, 2.05) is 24.0 Å². The topological polar surface area (TPSA) is 54.5 Å². The number of rotatable bonds is 1. The van der Waals surface area contributed by atoms with Gasteiger partial charge in [0, 0.05) is 12.2 Å². The fourth-order valence-corrected chi connectivity index (χ4v) is 2.28. The van der Waals surface area contributed by atoms with E-state index in [-0.39, 0.29) is 11.6 Å². The van der Waals surface area contributed by atoms with Crippen LogP contribution in [0.15, 0.2) is 18.2 Å². The molecule has 3 rings (SSSR count). The Balaban J connectivity index is 1.67. The first kappa shape index (κ1) is 10.5. The first-order valence-corrected chi connectivity index (χ1v) is 5.80. The summed E-state index contributed by atoms with van der Waals surface area (Å²) in [6.07, 6.45) is 1.04. The Bertz CT molecular complexity index is 451. The minimum absolute atomic E-state index is 0.0199. The van der Waals surface area contributed by atoms with Gasteiger partial charge in [-0.2, -0.15) is 0 Å². The summed E-state index contributed by atoms with van der Waals surface area (Å²) in [4.78, 5) is 18.1. The fourth-order valence-electron chi connectivity index (χ4n) is 2.28. The third-order valence-electron chi connectivity index (χ3n) is 3.48. The highest BCUT2D eigenvalue weighted by Crippen LogP contribution is 2.37. The van der Waals surface area contributed by atoms with E-state index >= 15 is 0 Å². The van der Waals surface area contributed by atoms with Gasteiger partial charge in [-0.05, 0) is 25.5 Å². The molecule has 5 heteroatoms. The van der Waals surface area contributed by atoms with Gasteiger partial charge in [-0.15, -0.1) is 0 Å². The van der Waals surface area contributed by atoms with Gasteiger partial charge in [-0.1, -0.05) is 6.07 Å². The zero-order valence-electron chi connectivity index (χ0n) is 9.77. The third kappa shape index (κ3) is 1.67. The highest BCUT2D eigenvalue weighted by atomic mass is 16.5. The predicted octanol–water partition coefficient (Wildman–Crippen LogP) is 1.40. The molecule has 0 saturated carbocycles. The number of aryl methyl sites for hydroxylation is 1.